The predicted octanol–water partition coefficient (Wildman–Crippen LogP) is -1.26. The van der Waals surface area contributed by atoms with Crippen LogP contribution in [0.2, 0.25) is 0 Å². The first-order valence-electron chi connectivity index (χ1n) is 2.30. The Labute approximate surface area is 81.4 Å². The zero-order chi connectivity index (χ0) is 6.41. The van der Waals surface area contributed by atoms with Crippen LogP contribution in [0.3, 0.4) is 0 Å². The van der Waals surface area contributed by atoms with Gasteiger partial charge in [0.2, 0.25) is 0 Å². The molecule has 0 aliphatic carbocycles. The summed E-state index contributed by atoms with van der Waals surface area (Å²) in [6.07, 6.45) is 0.982. The molecule has 0 amide bonds. The minimum absolute atomic E-state index is 0.646. The van der Waals surface area contributed by atoms with Gasteiger partial charge in [-0.05, 0) is 0 Å². The van der Waals surface area contributed by atoms with Crippen molar-refractivity contribution in [2.75, 3.05) is 14.8 Å². The number of carbonyl (C=O) groups excluding carboxylic acids is 1. The third kappa shape index (κ3) is 4.36. The molecule has 0 fully saturated rings. The summed E-state index contributed by atoms with van der Waals surface area (Å²) in [4.78, 5) is 12.1. The third-order valence-corrected chi connectivity index (χ3v) is 4.26. The zero-order valence-corrected chi connectivity index (χ0v) is 12.3. The van der Waals surface area contributed by atoms with Crippen LogP contribution in [0.1, 0.15) is 0 Å². The molecule has 0 unspecified atom stereocenters. The fourth-order valence-electron chi connectivity index (χ4n) is 0.290. The van der Waals surface area contributed by atoms with E-state index in [2.05, 4.69) is 4.90 Å². The van der Waals surface area contributed by atoms with Gasteiger partial charge in [-0.2, -0.15) is 0 Å². The maximum absolute atomic E-state index is 9.92. The molecule has 0 heterocycles. The topological polar surface area (TPSA) is 20.3 Å². The third-order valence-electron chi connectivity index (χ3n) is 0.780. The second-order valence-electron chi connectivity index (χ2n) is 1.34. The van der Waals surface area contributed by atoms with E-state index in [1.807, 2.05) is 0 Å². The molecule has 0 saturated carbocycles. The molecule has 0 aromatic heterocycles. The van der Waals surface area contributed by atoms with Crippen molar-refractivity contribution >= 4 is 57.8 Å². The molecule has 0 N–H and O–H groups in total. The summed E-state index contributed by atoms with van der Waals surface area (Å²) >= 11 is 2.37. The molecule has 0 spiro atoms. The minimum atomic E-state index is 0.646. The van der Waals surface area contributed by atoms with Crippen molar-refractivity contribution < 1.29 is 4.79 Å². The van der Waals surface area contributed by atoms with Gasteiger partial charge >= 0.3 is 82.3 Å². The molecule has 2 nitrogen and oxygen atoms in total. The number of carbonyl (C=O) groups is 1. The molecule has 0 rings (SSSR count). The van der Waals surface area contributed by atoms with Crippen molar-refractivity contribution in [2.24, 2.45) is 0 Å². The molecule has 42 valence electrons. The quantitative estimate of drug-likeness (QED) is 0.356. The second-order valence-corrected chi connectivity index (χ2v) is 3.79. The molecule has 0 aromatic rings. The van der Waals surface area contributed by atoms with E-state index in [1.165, 1.54) is 51.5 Å². The van der Waals surface area contributed by atoms with E-state index in [0.717, 1.165) is 14.5 Å². The van der Waals surface area contributed by atoms with Gasteiger partial charge in [-0.15, -0.1) is 0 Å². The van der Waals surface area contributed by atoms with Crippen molar-refractivity contribution in [3.8, 4) is 0 Å². The molecule has 0 aliphatic rings. The van der Waals surface area contributed by atoms with Gasteiger partial charge in [0.25, 0.3) is 0 Å². The molecule has 4 heteroatoms. The van der Waals surface area contributed by atoms with Crippen LogP contribution in [0, 0.1) is 0 Å². The van der Waals surface area contributed by atoms with Gasteiger partial charge in [0, 0.05) is 0 Å². The fraction of sp³-hybridized carbons (Fsp3) is 0.750. The molecule has 0 saturated heterocycles. The van der Waals surface area contributed by atoms with Crippen LogP contribution < -0.4 is 0 Å². The molecular formula is C4H7NOPb2. The Kier molecular flexibility index (Phi) is 7.81. The Morgan fingerprint density at radius 2 is 1.88 bits per heavy atom. The molecule has 0 aliphatic heterocycles. The van der Waals surface area contributed by atoms with E-state index in [4.69, 9.17) is 0 Å². The average Bonchev–Trinajstić information content (AvgIpc) is 1.83. The summed E-state index contributed by atoms with van der Waals surface area (Å²) in [5.41, 5.74) is 0. The first-order chi connectivity index (χ1) is 3.85. The fourth-order valence-corrected chi connectivity index (χ4v) is 5.54. The molecular weight excluding hydrogens is 492 g/mol. The van der Waals surface area contributed by atoms with Gasteiger partial charge in [-0.25, -0.2) is 0 Å². The number of rotatable bonds is 4. The molecule has 0 aromatic carbocycles. The summed E-state index contributed by atoms with van der Waals surface area (Å²) in [5, 5.41) is 0. The van der Waals surface area contributed by atoms with Gasteiger partial charge in [0.15, 0.2) is 0 Å². The van der Waals surface area contributed by atoms with E-state index in [0.29, 0.717) is 6.54 Å². The van der Waals surface area contributed by atoms with Gasteiger partial charge in [-0.3, -0.25) is 0 Å². The number of hydrogen-bond donors (Lipinski definition) is 0. The predicted molar refractivity (Wildman–Crippen MR) is 34.0 cm³/mol. The molecule has 8 heavy (non-hydrogen) atoms. The van der Waals surface area contributed by atoms with Crippen LogP contribution in [-0.2, 0) is 4.79 Å². The zero-order valence-electron chi connectivity index (χ0n) is 4.55. The van der Waals surface area contributed by atoms with E-state index in [-0.39, 0.29) is 0 Å². The Hall–Kier alpha value is 1.47. The summed E-state index contributed by atoms with van der Waals surface area (Å²) in [5.74, 6) is 0. The van der Waals surface area contributed by atoms with Crippen molar-refractivity contribution in [3.05, 3.63) is 0 Å². The van der Waals surface area contributed by atoms with E-state index < -0.39 is 0 Å². The normalized spacial score (nSPS) is 9.88. The van der Waals surface area contributed by atoms with E-state index in [1.54, 1.807) is 0 Å². The average molecular weight is 500 g/mol. The van der Waals surface area contributed by atoms with Crippen molar-refractivity contribution in [1.82, 2.24) is 4.90 Å². The van der Waals surface area contributed by atoms with Crippen LogP contribution >= 0.6 is 0 Å². The van der Waals surface area contributed by atoms with Crippen LogP contribution in [0.25, 0.3) is 0 Å². The van der Waals surface area contributed by atoms with Crippen molar-refractivity contribution in [3.63, 3.8) is 0 Å². The monoisotopic (exact) mass is 501 g/mol. The Balaban J connectivity index is 3.20. The molecule has 0 bridgehead atoms. The Morgan fingerprint density at radius 1 is 1.38 bits per heavy atom. The SMILES string of the molecule is O=CCN([CH2][Pb])[CH2][Pb]. The van der Waals surface area contributed by atoms with E-state index >= 15 is 0 Å². The summed E-state index contributed by atoms with van der Waals surface area (Å²) in [7, 11) is 0. The second kappa shape index (κ2) is 6.59. The Morgan fingerprint density at radius 3 is 2.00 bits per heavy atom. The first kappa shape index (κ1) is 9.47. The van der Waals surface area contributed by atoms with Crippen molar-refractivity contribution in [2.45, 2.75) is 0 Å². The first-order valence-corrected chi connectivity index (χ1v) is 7.80. The van der Waals surface area contributed by atoms with Crippen LogP contribution in [0.15, 0.2) is 0 Å². The van der Waals surface area contributed by atoms with Gasteiger partial charge < -0.3 is 0 Å². The van der Waals surface area contributed by atoms with Crippen LogP contribution in [-0.4, -0.2) is 77.5 Å². The van der Waals surface area contributed by atoms with Gasteiger partial charge in [-0.1, -0.05) is 0 Å². The number of hydrogen-bond acceptors (Lipinski definition) is 2. The maximum atomic E-state index is 9.92. The van der Waals surface area contributed by atoms with Crippen molar-refractivity contribution in [1.29, 1.82) is 0 Å². The Bertz CT molecular complexity index is 65.1. The summed E-state index contributed by atoms with van der Waals surface area (Å²) in [6.45, 7) is 0.646. The van der Waals surface area contributed by atoms with Gasteiger partial charge in [0.05, 0.1) is 0 Å². The molecule has 6 radical (unpaired) electrons. The standard InChI is InChI=1S/C4H7NO.2Pb/c1-5(2)3-4-6;;/h4H,1-3H2;;. The van der Waals surface area contributed by atoms with Gasteiger partial charge in [0.1, 0.15) is 0 Å². The number of nitrogens with zero attached hydrogens (tertiary/aromatic N) is 1. The number of aldehydes is 1. The summed E-state index contributed by atoms with van der Waals surface area (Å²) in [6, 6.07) is 0. The van der Waals surface area contributed by atoms with E-state index in [9.17, 15) is 4.79 Å². The summed E-state index contributed by atoms with van der Waals surface area (Å²) < 4.78 is 2.28. The van der Waals surface area contributed by atoms with Crippen LogP contribution in [0.4, 0.5) is 0 Å². The van der Waals surface area contributed by atoms with Crippen LogP contribution in [0.5, 0.6) is 0 Å². The molecule has 0 atom stereocenters.